The van der Waals surface area contributed by atoms with Crippen molar-refractivity contribution < 1.29 is 64.4 Å². The molecule has 9 aromatic carbocycles. The molecule has 6 N–H and O–H groups in total. The SMILES string of the molecule is CN(C)CC(C)(C)CN.CN(C)CC(C)(C)CNc1nccc(Oc2ccc(NC(=O)c3cc(F)cc(N4CCOCC4)c3)c3ccccc23)n1.CS(=O)(=O)c1nccc(Oc2ccc(NC(=O)c3cc(F)cc(N4CCOCC4)c3)c3ccccc23)n1.CSc1nccc(Oc2ccc(NC(=O)c3cc(F)cc(N4CCOCC4)c3)c3ccccc23)n1. The first-order valence-corrected chi connectivity index (χ1v) is 43.0. The number of carbonyl (C=O) groups excluding carboxylic acids is 3. The summed E-state index contributed by atoms with van der Waals surface area (Å²) in [5.41, 5.74) is 10.2. The highest BCUT2D eigenvalue weighted by molar-refractivity contribution is 7.98. The third-order valence-electron chi connectivity index (χ3n) is 19.7. The molecule has 27 nitrogen and oxygen atoms in total. The van der Waals surface area contributed by atoms with Gasteiger partial charge in [-0.3, -0.25) is 14.4 Å². The van der Waals surface area contributed by atoms with Crippen molar-refractivity contribution in [1.82, 2.24) is 39.7 Å². The lowest BCUT2D eigenvalue weighted by atomic mass is 9.93. The number of ether oxygens (including phenoxy) is 6. The lowest BCUT2D eigenvalue weighted by Crippen LogP contribution is -2.36. The van der Waals surface area contributed by atoms with E-state index in [2.05, 4.69) is 117 Å². The van der Waals surface area contributed by atoms with Crippen molar-refractivity contribution in [2.24, 2.45) is 16.6 Å². The Hall–Kier alpha value is -12.1. The number of morpholine rings is 3. The molecule has 3 amide bonds. The monoisotopic (exact) mass is 1710 g/mol. The van der Waals surface area contributed by atoms with Gasteiger partial charge in [0.05, 0.1) is 39.6 Å². The first kappa shape index (κ1) is 90.1. The van der Waals surface area contributed by atoms with E-state index >= 15 is 0 Å². The van der Waals surface area contributed by atoms with E-state index in [1.54, 1.807) is 85.2 Å². The van der Waals surface area contributed by atoms with Crippen LogP contribution in [0.2, 0.25) is 0 Å². The number of hydrogen-bond donors (Lipinski definition) is 5. The van der Waals surface area contributed by atoms with Crippen LogP contribution in [0.25, 0.3) is 32.3 Å². The molecular formula is C91H101F3N16O11S2. The van der Waals surface area contributed by atoms with E-state index < -0.39 is 45.0 Å². The maximum Gasteiger partial charge on any atom is 0.255 e. The van der Waals surface area contributed by atoms with E-state index in [4.69, 9.17) is 34.2 Å². The Bertz CT molecular complexity index is 5820. The van der Waals surface area contributed by atoms with E-state index in [0.717, 1.165) is 47.4 Å². The number of nitrogens with zero attached hydrogens (tertiary/aromatic N) is 11. The van der Waals surface area contributed by atoms with Crippen molar-refractivity contribution in [1.29, 1.82) is 0 Å². The lowest BCUT2D eigenvalue weighted by molar-refractivity contribution is 0.101. The van der Waals surface area contributed by atoms with Gasteiger partial charge in [0.2, 0.25) is 38.6 Å². The van der Waals surface area contributed by atoms with Gasteiger partial charge in [-0.05, 0) is 143 Å². The molecule has 3 aliphatic heterocycles. The van der Waals surface area contributed by atoms with E-state index in [1.165, 1.54) is 60.4 Å². The van der Waals surface area contributed by atoms with Crippen LogP contribution in [0.4, 0.5) is 53.2 Å². The van der Waals surface area contributed by atoms with Crippen molar-refractivity contribution in [3.63, 3.8) is 0 Å². The van der Waals surface area contributed by atoms with Gasteiger partial charge in [0.1, 0.15) is 34.7 Å². The minimum atomic E-state index is -3.61. The maximum atomic E-state index is 14.5. The lowest BCUT2D eigenvalue weighted by Gasteiger charge is -2.29. The molecular weight excluding hydrogens is 1610 g/mol. The molecule has 0 unspecified atom stereocenters. The first-order chi connectivity index (χ1) is 59.0. The summed E-state index contributed by atoms with van der Waals surface area (Å²) >= 11 is 1.43. The number of rotatable bonds is 25. The smallest absolute Gasteiger partial charge is 0.255 e. The van der Waals surface area contributed by atoms with Crippen LogP contribution in [0.3, 0.4) is 0 Å². The molecule has 12 aromatic rings. The average Bonchev–Trinajstić information content (AvgIpc) is 0.794. The summed E-state index contributed by atoms with van der Waals surface area (Å²) in [6.07, 6.45) is 7.52. The number of amides is 3. The number of anilines is 7. The highest BCUT2D eigenvalue weighted by Gasteiger charge is 2.25. The van der Waals surface area contributed by atoms with Crippen LogP contribution >= 0.6 is 11.8 Å². The molecule has 32 heteroatoms. The molecule has 0 bridgehead atoms. The predicted molar refractivity (Wildman–Crippen MR) is 477 cm³/mol. The van der Waals surface area contributed by atoms with Crippen molar-refractivity contribution in [3.8, 4) is 34.9 Å². The third-order valence-corrected chi connectivity index (χ3v) is 21.2. The molecule has 0 atom stereocenters. The third kappa shape index (κ3) is 25.3. The summed E-state index contributed by atoms with van der Waals surface area (Å²) in [7, 11) is 4.63. The van der Waals surface area contributed by atoms with Crippen LogP contribution in [0.5, 0.6) is 34.9 Å². The number of carbonyl (C=O) groups is 3. The van der Waals surface area contributed by atoms with Crippen LogP contribution < -0.4 is 55.9 Å². The van der Waals surface area contributed by atoms with E-state index in [-0.39, 0.29) is 38.6 Å². The normalized spacial score (nSPS) is 13.7. The Morgan fingerprint density at radius 3 is 1.15 bits per heavy atom. The average molecular weight is 1720 g/mol. The zero-order valence-electron chi connectivity index (χ0n) is 70.3. The van der Waals surface area contributed by atoms with Crippen LogP contribution in [0.1, 0.15) is 58.8 Å². The highest BCUT2D eigenvalue weighted by Crippen LogP contribution is 2.39. The first-order valence-electron chi connectivity index (χ1n) is 39.9. The number of sulfone groups is 1. The summed E-state index contributed by atoms with van der Waals surface area (Å²) in [6, 6.07) is 50.8. The standard InChI is InChI=1S/C32H37FN6O3.C26H23FN4O5S.C26H23FN4O3S.C7H18N2/c1-32(2,21-38(3)4)20-35-31-34-12-11-29(37-31)42-28-10-9-27(25-7-5-6-8-26(25)28)36-30(40)22-17-23(33)19-24(18-22)39-13-15-41-16-14-39;1-37(33,34)26-28-9-8-24(30-26)36-23-7-6-22(20-4-2-3-5-21(20)23)29-25(32)17-14-18(27)16-19(15-17)31-10-12-35-13-11-31;1-35-26-28-9-8-24(30-26)34-23-7-6-22(20-4-2-3-5-21(20)23)29-25(32)17-14-18(27)16-19(15-17)31-10-12-33-13-11-31;1-7(2,5-8)6-9(3)4/h5-12,17-19H,13-16,20-21H2,1-4H3,(H,36,40)(H,34,35,37);2-9,14-16H,10-13H2,1H3,(H,29,32);2-9,14-16H,10-13H2,1H3,(H,29,32);5-6,8H2,1-4H3. The summed E-state index contributed by atoms with van der Waals surface area (Å²) in [5.74, 6) is 0.314. The molecule has 123 heavy (non-hydrogen) atoms. The van der Waals surface area contributed by atoms with Crippen LogP contribution in [0, 0.1) is 28.3 Å². The minimum Gasteiger partial charge on any atom is -0.438 e. The number of nitrogens with one attached hydrogen (secondary N) is 4. The van der Waals surface area contributed by atoms with Crippen molar-refractivity contribution in [2.45, 2.75) is 38.0 Å². The molecule has 3 aliphatic rings. The molecule has 15 rings (SSSR count). The number of hydrogen-bond acceptors (Lipinski definition) is 25. The Balaban J connectivity index is 0.000000161. The highest BCUT2D eigenvalue weighted by atomic mass is 32.2. The molecule has 3 saturated heterocycles. The molecule has 644 valence electrons. The Morgan fingerprint density at radius 1 is 0.463 bits per heavy atom. The van der Waals surface area contributed by atoms with Crippen molar-refractivity contribution in [2.75, 3.05) is 182 Å². The van der Waals surface area contributed by atoms with Gasteiger partial charge >= 0.3 is 0 Å². The number of aromatic nitrogens is 6. The summed E-state index contributed by atoms with van der Waals surface area (Å²) in [5, 5.41) is 16.9. The molecule has 0 aliphatic carbocycles. The van der Waals surface area contributed by atoms with Gasteiger partial charge in [0.15, 0.2) is 5.16 Å². The Labute approximate surface area is 717 Å². The molecule has 0 saturated carbocycles. The Morgan fingerprint density at radius 2 is 0.805 bits per heavy atom. The number of nitrogens with two attached hydrogens (primary N) is 1. The van der Waals surface area contributed by atoms with E-state index in [1.807, 2.05) is 87.7 Å². The Kier molecular flexibility index (Phi) is 30.5. The second kappa shape index (κ2) is 41.6. The fraction of sp³-hybridized carbons (Fsp3) is 0.308. The van der Waals surface area contributed by atoms with Gasteiger partial charge in [0.25, 0.3) is 17.7 Å². The molecule has 6 heterocycles. The number of fused-ring (bicyclic) bond motifs is 3. The summed E-state index contributed by atoms with van der Waals surface area (Å²) in [6.45, 7) is 19.4. The van der Waals surface area contributed by atoms with Crippen molar-refractivity contribution >= 4 is 112 Å². The quantitative estimate of drug-likeness (QED) is 0.0262. The zero-order chi connectivity index (χ0) is 87.4. The number of halogens is 3. The van der Waals surface area contributed by atoms with Gasteiger partial charge < -0.3 is 79.9 Å². The maximum absolute atomic E-state index is 14.5. The largest absolute Gasteiger partial charge is 0.438 e. The molecule has 3 fully saturated rings. The summed E-state index contributed by atoms with van der Waals surface area (Å²) in [4.78, 5) is 75.0. The molecule has 0 spiro atoms. The van der Waals surface area contributed by atoms with Crippen LogP contribution in [-0.4, -0.2) is 212 Å². The van der Waals surface area contributed by atoms with Gasteiger partial charge in [-0.2, -0.15) is 15.0 Å². The van der Waals surface area contributed by atoms with Gasteiger partial charge in [-0.1, -0.05) is 112 Å². The van der Waals surface area contributed by atoms with E-state index in [9.17, 15) is 36.0 Å². The zero-order valence-corrected chi connectivity index (χ0v) is 71.9. The summed E-state index contributed by atoms with van der Waals surface area (Å²) < 4.78 is 101. The van der Waals surface area contributed by atoms with E-state index in [0.29, 0.717) is 170 Å². The van der Waals surface area contributed by atoms with Crippen LogP contribution in [-0.2, 0) is 24.0 Å². The van der Waals surface area contributed by atoms with Crippen molar-refractivity contribution in [3.05, 3.63) is 235 Å². The fourth-order valence-corrected chi connectivity index (χ4v) is 15.0. The van der Waals surface area contributed by atoms with Gasteiger partial charge in [-0.15, -0.1) is 0 Å². The van der Waals surface area contributed by atoms with Gasteiger partial charge in [-0.25, -0.2) is 36.5 Å². The number of benzene rings is 9. The fourth-order valence-electron chi connectivity index (χ4n) is 14.1. The topological polar surface area (TPSA) is 308 Å². The number of thioether (sulfide) groups is 1. The van der Waals surface area contributed by atoms with Crippen LogP contribution in [0.15, 0.2) is 211 Å². The second-order valence-corrected chi connectivity index (χ2v) is 34.1. The second-order valence-electron chi connectivity index (χ2n) is 31.4. The molecule has 3 aromatic heterocycles. The van der Waals surface area contributed by atoms with Gasteiger partial charge in [0, 0.05) is 185 Å². The minimum absolute atomic E-state index is 0.0236. The molecule has 0 radical (unpaired) electrons. The predicted octanol–water partition coefficient (Wildman–Crippen LogP) is 15.6.